The number of phenols is 1. The Labute approximate surface area is 219 Å². The van der Waals surface area contributed by atoms with Crippen LogP contribution in [0.5, 0.6) is 11.5 Å². The Balaban J connectivity index is 0.00000235. The number of nitrogens with two attached hydrogens (primary N) is 1. The van der Waals surface area contributed by atoms with E-state index in [4.69, 9.17) is 22.1 Å². The van der Waals surface area contributed by atoms with Crippen LogP contribution in [0, 0.1) is 0 Å². The second-order valence-corrected chi connectivity index (χ2v) is 8.06. The van der Waals surface area contributed by atoms with Crippen LogP contribution >= 0.6 is 11.6 Å². The normalized spacial score (nSPS) is 12.0. The van der Waals surface area contributed by atoms with Crippen LogP contribution in [0.2, 0.25) is 5.02 Å². The van der Waals surface area contributed by atoms with Crippen LogP contribution in [0.3, 0.4) is 0 Å². The van der Waals surface area contributed by atoms with E-state index in [0.717, 1.165) is 18.7 Å². The minimum absolute atomic E-state index is 0.151. The number of rotatable bonds is 7. The van der Waals surface area contributed by atoms with E-state index >= 15 is 0 Å². The fourth-order valence-corrected chi connectivity index (χ4v) is 3.51. The van der Waals surface area contributed by atoms with E-state index in [1.165, 1.54) is 25.1 Å². The van der Waals surface area contributed by atoms with Crippen LogP contribution in [-0.4, -0.2) is 29.9 Å². The topological polar surface area (TPSA) is 84.9 Å². The zero-order valence-electron chi connectivity index (χ0n) is 20.9. The van der Waals surface area contributed by atoms with E-state index in [1.807, 2.05) is 13.8 Å². The molecule has 5 nitrogen and oxygen atoms in total. The molecule has 0 radical (unpaired) electrons. The first-order valence-corrected chi connectivity index (χ1v) is 11.7. The molecule has 3 rings (SSSR count). The number of benzene rings is 3. The summed E-state index contributed by atoms with van der Waals surface area (Å²) >= 11 is 5.92. The number of alkyl halides is 3. The second kappa shape index (κ2) is 13.0. The highest BCUT2D eigenvalue weighted by Gasteiger charge is 2.33. The van der Waals surface area contributed by atoms with E-state index < -0.39 is 17.8 Å². The van der Waals surface area contributed by atoms with Crippen molar-refractivity contribution in [3.63, 3.8) is 0 Å². The van der Waals surface area contributed by atoms with Gasteiger partial charge in [-0.3, -0.25) is 9.79 Å². The van der Waals surface area contributed by atoms with Gasteiger partial charge in [-0.25, -0.2) is 0 Å². The van der Waals surface area contributed by atoms with Crippen LogP contribution in [0.4, 0.5) is 13.2 Å². The maximum absolute atomic E-state index is 13.2. The highest BCUT2D eigenvalue weighted by molar-refractivity contribution is 6.30. The predicted octanol–water partition coefficient (Wildman–Crippen LogP) is 7.45. The van der Waals surface area contributed by atoms with Gasteiger partial charge in [-0.2, -0.15) is 13.2 Å². The molecule has 0 aromatic heterocycles. The van der Waals surface area contributed by atoms with Crippen molar-refractivity contribution >= 4 is 28.8 Å². The Morgan fingerprint density at radius 2 is 1.65 bits per heavy atom. The summed E-state index contributed by atoms with van der Waals surface area (Å²) in [6.45, 7) is 5.60. The Hall–Kier alpha value is -3.78. The summed E-state index contributed by atoms with van der Waals surface area (Å²) in [7, 11) is 1.05. The maximum Gasteiger partial charge on any atom is 0.432 e. The first kappa shape index (κ1) is 29.5. The summed E-state index contributed by atoms with van der Waals surface area (Å²) in [5, 5.41) is 11.7. The quantitative estimate of drug-likeness (QED) is 0.310. The van der Waals surface area contributed by atoms with Crippen LogP contribution in [0.25, 0.3) is 16.7 Å². The fourth-order valence-electron chi connectivity index (χ4n) is 3.39. The van der Waals surface area contributed by atoms with Gasteiger partial charge < -0.3 is 15.6 Å². The van der Waals surface area contributed by atoms with Crippen molar-refractivity contribution in [1.29, 1.82) is 0 Å². The highest BCUT2D eigenvalue weighted by atomic mass is 35.5. The van der Waals surface area contributed by atoms with Gasteiger partial charge in [0.25, 0.3) is 0 Å². The number of primary amides is 1. The number of hydrogen-bond donors (Lipinski definition) is 2. The first-order valence-electron chi connectivity index (χ1n) is 11.4. The largest absolute Gasteiger partial charge is 0.507 e. The lowest BCUT2D eigenvalue weighted by atomic mass is 9.95. The molecule has 3 N–H and O–H groups in total. The standard InChI is InChI=1S/C26H22ClF3N2O3.C2H6/c1-15(13-22(32-2)26(28,29)30)20-11-12-21(35-14-16-3-9-19(27)10-4-16)23(24(20)33)17-5-7-18(8-6-17)25(31)34;1-2/h3-13,33H,14H2,1-2H3,(H2,31,34);1-2H3/b15-13+,32-22?;. The number of halogens is 4. The molecule has 9 heteroatoms. The van der Waals surface area contributed by atoms with Crippen molar-refractivity contribution in [3.8, 4) is 22.6 Å². The minimum Gasteiger partial charge on any atom is -0.507 e. The number of carbonyl (C=O) groups excluding carboxylic acids is 1. The molecule has 0 bridgehead atoms. The van der Waals surface area contributed by atoms with Crippen LogP contribution in [0.15, 0.2) is 71.7 Å². The monoisotopic (exact) mass is 532 g/mol. The van der Waals surface area contributed by atoms with Crippen molar-refractivity contribution in [3.05, 3.63) is 88.5 Å². The van der Waals surface area contributed by atoms with E-state index in [2.05, 4.69) is 4.99 Å². The van der Waals surface area contributed by atoms with Crippen molar-refractivity contribution in [2.75, 3.05) is 7.05 Å². The number of aliphatic imine (C=N–C) groups is 1. The average Bonchev–Trinajstić information content (AvgIpc) is 2.87. The minimum atomic E-state index is -4.64. The van der Waals surface area contributed by atoms with Crippen molar-refractivity contribution in [1.82, 2.24) is 0 Å². The maximum atomic E-state index is 13.2. The summed E-state index contributed by atoms with van der Waals surface area (Å²) in [5.41, 5.74) is 6.37. The summed E-state index contributed by atoms with van der Waals surface area (Å²) in [6.07, 6.45) is -3.77. The van der Waals surface area contributed by atoms with Gasteiger partial charge in [0.1, 0.15) is 23.8 Å². The lowest BCUT2D eigenvalue weighted by Gasteiger charge is -2.17. The second-order valence-electron chi connectivity index (χ2n) is 7.63. The number of carbonyl (C=O) groups is 1. The molecule has 0 saturated carbocycles. The van der Waals surface area contributed by atoms with Crippen LogP contribution < -0.4 is 10.5 Å². The van der Waals surface area contributed by atoms with E-state index in [0.29, 0.717) is 16.3 Å². The molecule has 0 fully saturated rings. The van der Waals surface area contributed by atoms with E-state index in [9.17, 15) is 23.1 Å². The molecule has 0 aliphatic heterocycles. The third-order valence-electron chi connectivity index (χ3n) is 5.21. The Bertz CT molecular complexity index is 1280. The summed E-state index contributed by atoms with van der Waals surface area (Å²) in [5.74, 6) is -0.608. The zero-order valence-corrected chi connectivity index (χ0v) is 21.6. The van der Waals surface area contributed by atoms with Gasteiger partial charge in [0, 0.05) is 23.2 Å². The zero-order chi connectivity index (χ0) is 27.8. The average molecular weight is 533 g/mol. The lowest BCUT2D eigenvalue weighted by molar-refractivity contribution is -0.0577. The van der Waals surface area contributed by atoms with Crippen LogP contribution in [0.1, 0.15) is 42.3 Å². The molecule has 0 unspecified atom stereocenters. The number of aromatic hydroxyl groups is 1. The molecule has 0 spiro atoms. The fraction of sp³-hybridized carbons (Fsp3) is 0.214. The summed E-state index contributed by atoms with van der Waals surface area (Å²) in [6, 6.07) is 16.2. The molecule has 196 valence electrons. The van der Waals surface area contributed by atoms with Gasteiger partial charge >= 0.3 is 6.18 Å². The number of hydrogen-bond acceptors (Lipinski definition) is 4. The molecule has 3 aromatic carbocycles. The van der Waals surface area contributed by atoms with E-state index in [1.54, 1.807) is 42.5 Å². The SMILES string of the molecule is CC.CN=C(/C=C(\C)c1ccc(OCc2ccc(Cl)cc2)c(-c2ccc(C(N)=O)cc2)c1O)C(F)(F)F. The Kier molecular flexibility index (Phi) is 10.3. The molecule has 0 heterocycles. The van der Waals surface area contributed by atoms with Gasteiger partial charge in [-0.1, -0.05) is 49.7 Å². The van der Waals surface area contributed by atoms with Crippen molar-refractivity contribution in [2.45, 2.75) is 33.6 Å². The van der Waals surface area contributed by atoms with E-state index in [-0.39, 0.29) is 34.6 Å². The number of amides is 1. The van der Waals surface area contributed by atoms with Crippen LogP contribution in [-0.2, 0) is 6.61 Å². The lowest BCUT2D eigenvalue weighted by Crippen LogP contribution is -2.20. The van der Waals surface area contributed by atoms with Crippen molar-refractivity contribution < 1.29 is 27.8 Å². The number of nitrogens with zero attached hydrogens (tertiary/aromatic N) is 1. The first-order chi connectivity index (χ1) is 17.5. The summed E-state index contributed by atoms with van der Waals surface area (Å²) in [4.78, 5) is 14.8. The van der Waals surface area contributed by atoms with Gasteiger partial charge in [-0.15, -0.1) is 0 Å². The summed E-state index contributed by atoms with van der Waals surface area (Å²) < 4.78 is 45.5. The van der Waals surface area contributed by atoms with Gasteiger partial charge in [0.15, 0.2) is 0 Å². The van der Waals surface area contributed by atoms with Gasteiger partial charge in [0.05, 0.1) is 5.56 Å². The molecule has 1 amide bonds. The Morgan fingerprint density at radius 3 is 2.16 bits per heavy atom. The van der Waals surface area contributed by atoms with Gasteiger partial charge in [-0.05, 0) is 66.1 Å². The smallest absolute Gasteiger partial charge is 0.432 e. The third kappa shape index (κ3) is 7.60. The number of ether oxygens (including phenoxy) is 1. The molecular formula is C28H28ClF3N2O3. The van der Waals surface area contributed by atoms with Crippen molar-refractivity contribution in [2.24, 2.45) is 10.7 Å². The van der Waals surface area contributed by atoms with Gasteiger partial charge in [0.2, 0.25) is 5.91 Å². The molecule has 0 atom stereocenters. The third-order valence-corrected chi connectivity index (χ3v) is 5.47. The molecular weight excluding hydrogens is 505 g/mol. The Morgan fingerprint density at radius 1 is 1.05 bits per heavy atom. The molecule has 0 aliphatic carbocycles. The highest BCUT2D eigenvalue weighted by Crippen LogP contribution is 2.43. The number of allylic oxidation sites excluding steroid dienone is 2. The number of phenolic OH excluding ortho intramolecular Hbond substituents is 1. The molecule has 0 saturated heterocycles. The molecule has 0 aliphatic rings. The predicted molar refractivity (Wildman–Crippen MR) is 142 cm³/mol. The molecule has 37 heavy (non-hydrogen) atoms. The molecule has 3 aromatic rings.